The molecular formula is C11H19N3O3. The highest BCUT2D eigenvalue weighted by Crippen LogP contribution is 2.00. The zero-order valence-electron chi connectivity index (χ0n) is 9.87. The van der Waals surface area contributed by atoms with Crippen molar-refractivity contribution in [1.29, 1.82) is 0 Å². The number of amides is 2. The van der Waals surface area contributed by atoms with E-state index in [0.29, 0.717) is 25.1 Å². The van der Waals surface area contributed by atoms with Gasteiger partial charge in [0.05, 0.1) is 0 Å². The Kier molecular flexibility index (Phi) is 6.24. The third-order valence-corrected chi connectivity index (χ3v) is 2.54. The molecule has 0 atom stereocenters. The number of aliphatic hydroxyl groups excluding tert-OH is 1. The summed E-state index contributed by atoms with van der Waals surface area (Å²) >= 11 is 0. The Morgan fingerprint density at radius 2 is 2.06 bits per heavy atom. The summed E-state index contributed by atoms with van der Waals surface area (Å²) in [7, 11) is 0. The number of aliphatic hydroxyl groups is 1. The van der Waals surface area contributed by atoms with E-state index in [1.54, 1.807) is 0 Å². The van der Waals surface area contributed by atoms with Crippen LogP contribution in [0.3, 0.4) is 0 Å². The lowest BCUT2D eigenvalue weighted by Crippen LogP contribution is -2.37. The van der Waals surface area contributed by atoms with E-state index < -0.39 is 0 Å². The van der Waals surface area contributed by atoms with Crippen molar-refractivity contribution in [1.82, 2.24) is 10.7 Å². The quantitative estimate of drug-likeness (QED) is 0.544. The van der Waals surface area contributed by atoms with E-state index in [1.165, 1.54) is 0 Å². The molecule has 6 nitrogen and oxygen atoms in total. The molecule has 0 aromatic heterocycles. The number of unbranched alkanes of at least 4 members (excludes halogenated alkanes) is 3. The predicted octanol–water partition coefficient (Wildman–Crippen LogP) is -0.0787. The SMILES string of the molecule is O=C1CCC(C(=O)NCCCCCCO)=NN1. The van der Waals surface area contributed by atoms with Gasteiger partial charge in [0.2, 0.25) is 5.91 Å². The smallest absolute Gasteiger partial charge is 0.267 e. The molecule has 0 saturated heterocycles. The van der Waals surface area contributed by atoms with Crippen LogP contribution in [-0.2, 0) is 9.59 Å². The lowest BCUT2D eigenvalue weighted by molar-refractivity contribution is -0.121. The third kappa shape index (κ3) is 5.44. The fourth-order valence-corrected chi connectivity index (χ4v) is 1.53. The highest BCUT2D eigenvalue weighted by Gasteiger charge is 2.17. The fraction of sp³-hybridized carbons (Fsp3) is 0.727. The standard InChI is InChI=1S/C11H19N3O3/c15-8-4-2-1-3-7-12-11(17)9-5-6-10(16)14-13-9/h15H,1-8H2,(H,12,17)(H,14,16). The number of hydrogen-bond donors (Lipinski definition) is 3. The third-order valence-electron chi connectivity index (χ3n) is 2.54. The van der Waals surface area contributed by atoms with Crippen molar-refractivity contribution in [2.45, 2.75) is 38.5 Å². The summed E-state index contributed by atoms with van der Waals surface area (Å²) in [5, 5.41) is 15.1. The molecule has 6 heteroatoms. The van der Waals surface area contributed by atoms with Gasteiger partial charge in [-0.2, -0.15) is 5.10 Å². The molecule has 0 unspecified atom stereocenters. The first kappa shape index (κ1) is 13.6. The second-order valence-corrected chi connectivity index (χ2v) is 3.99. The first-order valence-electron chi connectivity index (χ1n) is 5.98. The number of nitrogens with one attached hydrogen (secondary N) is 2. The zero-order chi connectivity index (χ0) is 12.5. The summed E-state index contributed by atoms with van der Waals surface area (Å²) in [4.78, 5) is 22.4. The van der Waals surface area contributed by atoms with Crippen molar-refractivity contribution in [2.24, 2.45) is 5.10 Å². The van der Waals surface area contributed by atoms with Crippen LogP contribution in [-0.4, -0.2) is 35.8 Å². The molecule has 0 aliphatic carbocycles. The van der Waals surface area contributed by atoms with Crippen LogP contribution >= 0.6 is 0 Å². The van der Waals surface area contributed by atoms with E-state index in [0.717, 1.165) is 25.7 Å². The highest BCUT2D eigenvalue weighted by atomic mass is 16.3. The van der Waals surface area contributed by atoms with Crippen LogP contribution in [0, 0.1) is 0 Å². The van der Waals surface area contributed by atoms with Gasteiger partial charge in [0.25, 0.3) is 5.91 Å². The zero-order valence-corrected chi connectivity index (χ0v) is 9.87. The molecule has 0 fully saturated rings. The normalized spacial score (nSPS) is 15.1. The van der Waals surface area contributed by atoms with Crippen LogP contribution in [0.25, 0.3) is 0 Å². The van der Waals surface area contributed by atoms with E-state index in [1.807, 2.05) is 0 Å². The van der Waals surface area contributed by atoms with Crippen molar-refractivity contribution < 1.29 is 14.7 Å². The minimum absolute atomic E-state index is 0.148. The Morgan fingerprint density at radius 3 is 2.71 bits per heavy atom. The van der Waals surface area contributed by atoms with Crippen LogP contribution in [0.4, 0.5) is 0 Å². The van der Waals surface area contributed by atoms with Crippen LogP contribution in [0.15, 0.2) is 5.10 Å². The van der Waals surface area contributed by atoms with Gasteiger partial charge < -0.3 is 10.4 Å². The molecule has 3 N–H and O–H groups in total. The minimum Gasteiger partial charge on any atom is -0.396 e. The van der Waals surface area contributed by atoms with Crippen molar-refractivity contribution >= 4 is 17.5 Å². The summed E-state index contributed by atoms with van der Waals surface area (Å²) in [5.41, 5.74) is 2.68. The van der Waals surface area contributed by atoms with E-state index >= 15 is 0 Å². The molecule has 0 bridgehead atoms. The Balaban J connectivity index is 2.11. The minimum atomic E-state index is -0.202. The molecule has 1 rings (SSSR count). The molecule has 0 spiro atoms. The van der Waals surface area contributed by atoms with Crippen LogP contribution in [0.1, 0.15) is 38.5 Å². The van der Waals surface area contributed by atoms with Crippen molar-refractivity contribution in [3.8, 4) is 0 Å². The highest BCUT2D eigenvalue weighted by molar-refractivity contribution is 6.39. The van der Waals surface area contributed by atoms with Gasteiger partial charge in [0.1, 0.15) is 5.71 Å². The van der Waals surface area contributed by atoms with Gasteiger partial charge in [-0.05, 0) is 12.8 Å². The van der Waals surface area contributed by atoms with Gasteiger partial charge >= 0.3 is 0 Å². The number of carbonyl (C=O) groups excluding carboxylic acids is 2. The van der Waals surface area contributed by atoms with E-state index in [-0.39, 0.29) is 18.4 Å². The number of hydrazone groups is 1. The van der Waals surface area contributed by atoms with E-state index in [2.05, 4.69) is 15.8 Å². The van der Waals surface area contributed by atoms with Crippen molar-refractivity contribution in [3.05, 3.63) is 0 Å². The second-order valence-electron chi connectivity index (χ2n) is 3.99. The molecule has 0 saturated carbocycles. The average molecular weight is 241 g/mol. The Morgan fingerprint density at radius 1 is 1.29 bits per heavy atom. The molecule has 1 heterocycles. The maximum atomic E-state index is 11.6. The summed E-state index contributed by atoms with van der Waals surface area (Å²) in [6.45, 7) is 0.833. The monoisotopic (exact) mass is 241 g/mol. The first-order valence-corrected chi connectivity index (χ1v) is 5.98. The van der Waals surface area contributed by atoms with Gasteiger partial charge in [-0.3, -0.25) is 9.59 Å². The van der Waals surface area contributed by atoms with Gasteiger partial charge in [0.15, 0.2) is 0 Å². The number of hydrogen-bond acceptors (Lipinski definition) is 4. The molecule has 2 amide bonds. The van der Waals surface area contributed by atoms with Crippen LogP contribution in [0.5, 0.6) is 0 Å². The van der Waals surface area contributed by atoms with Gasteiger partial charge in [-0.15, -0.1) is 0 Å². The predicted molar refractivity (Wildman–Crippen MR) is 63.4 cm³/mol. The Hall–Kier alpha value is -1.43. The van der Waals surface area contributed by atoms with Crippen molar-refractivity contribution in [2.75, 3.05) is 13.2 Å². The fourth-order valence-electron chi connectivity index (χ4n) is 1.53. The number of carbonyl (C=O) groups is 2. The summed E-state index contributed by atoms with van der Waals surface area (Å²) in [6, 6.07) is 0. The van der Waals surface area contributed by atoms with Gasteiger partial charge in [-0.1, -0.05) is 12.8 Å². The molecule has 0 aromatic carbocycles. The maximum absolute atomic E-state index is 11.6. The van der Waals surface area contributed by atoms with Gasteiger partial charge in [-0.25, -0.2) is 5.43 Å². The number of nitrogens with zero attached hydrogens (tertiary/aromatic N) is 1. The summed E-state index contributed by atoms with van der Waals surface area (Å²) in [5.74, 6) is -0.349. The molecule has 0 aromatic rings. The average Bonchev–Trinajstić information content (AvgIpc) is 2.34. The largest absolute Gasteiger partial charge is 0.396 e. The lowest BCUT2D eigenvalue weighted by atomic mass is 10.1. The van der Waals surface area contributed by atoms with Crippen molar-refractivity contribution in [3.63, 3.8) is 0 Å². The molecule has 96 valence electrons. The summed E-state index contributed by atoms with van der Waals surface area (Å²) < 4.78 is 0. The molecular weight excluding hydrogens is 222 g/mol. The molecule has 17 heavy (non-hydrogen) atoms. The summed E-state index contributed by atoms with van der Waals surface area (Å²) in [6.07, 6.45) is 4.40. The van der Waals surface area contributed by atoms with Gasteiger partial charge in [0, 0.05) is 26.0 Å². The first-order chi connectivity index (χ1) is 8.24. The second kappa shape index (κ2) is 7.78. The molecule has 1 aliphatic rings. The molecule has 0 radical (unpaired) electrons. The maximum Gasteiger partial charge on any atom is 0.267 e. The van der Waals surface area contributed by atoms with Crippen LogP contribution in [0.2, 0.25) is 0 Å². The van der Waals surface area contributed by atoms with E-state index in [9.17, 15) is 9.59 Å². The Bertz CT molecular complexity index is 302. The molecule has 1 aliphatic heterocycles. The number of rotatable bonds is 7. The topological polar surface area (TPSA) is 90.8 Å². The van der Waals surface area contributed by atoms with Crippen LogP contribution < -0.4 is 10.7 Å². The lowest BCUT2D eigenvalue weighted by Gasteiger charge is -2.11. The van der Waals surface area contributed by atoms with E-state index in [4.69, 9.17) is 5.11 Å². The Labute approximate surface area is 100 Å².